The van der Waals surface area contributed by atoms with Crippen molar-refractivity contribution in [2.45, 2.75) is 32.0 Å². The Kier molecular flexibility index (Phi) is 2.80. The predicted octanol–water partition coefficient (Wildman–Crippen LogP) is 1.38. The molecule has 0 bridgehead atoms. The van der Waals surface area contributed by atoms with E-state index in [2.05, 4.69) is 5.16 Å². The van der Waals surface area contributed by atoms with Crippen LogP contribution < -0.4 is 0 Å². The van der Waals surface area contributed by atoms with Crippen molar-refractivity contribution >= 4 is 5.71 Å². The van der Waals surface area contributed by atoms with Crippen LogP contribution in [0.3, 0.4) is 0 Å². The van der Waals surface area contributed by atoms with Gasteiger partial charge < -0.3 is 14.7 Å². The summed E-state index contributed by atoms with van der Waals surface area (Å²) in [5, 5.41) is 11.8. The molecule has 1 aliphatic heterocycles. The zero-order valence-corrected chi connectivity index (χ0v) is 7.61. The summed E-state index contributed by atoms with van der Waals surface area (Å²) >= 11 is 0. The van der Waals surface area contributed by atoms with Gasteiger partial charge in [0.2, 0.25) is 0 Å². The smallest absolute Gasteiger partial charge is 0.160 e. The summed E-state index contributed by atoms with van der Waals surface area (Å²) < 4.78 is 10.9. The van der Waals surface area contributed by atoms with Gasteiger partial charge in [-0.2, -0.15) is 0 Å². The molecule has 1 heterocycles. The SMILES string of the molecule is ON=C1CCC(C2OCCO2)CC1. The molecule has 0 aromatic rings. The highest BCUT2D eigenvalue weighted by Crippen LogP contribution is 2.29. The molecule has 2 rings (SSSR count). The first-order valence-corrected chi connectivity index (χ1v) is 4.83. The van der Waals surface area contributed by atoms with Crippen LogP contribution in [0.4, 0.5) is 0 Å². The molecule has 0 atom stereocenters. The van der Waals surface area contributed by atoms with Crippen LogP contribution in [-0.2, 0) is 9.47 Å². The predicted molar refractivity (Wildman–Crippen MR) is 46.9 cm³/mol. The third-order valence-corrected chi connectivity index (χ3v) is 2.78. The molecule has 0 radical (unpaired) electrons. The quantitative estimate of drug-likeness (QED) is 0.496. The summed E-state index contributed by atoms with van der Waals surface area (Å²) in [4.78, 5) is 0. The maximum atomic E-state index is 8.57. The largest absolute Gasteiger partial charge is 0.411 e. The lowest BCUT2D eigenvalue weighted by atomic mass is 9.87. The fourth-order valence-electron chi connectivity index (χ4n) is 1.99. The molecule has 1 saturated carbocycles. The average Bonchev–Trinajstić information content (AvgIpc) is 2.71. The molecule has 1 saturated heterocycles. The molecular weight excluding hydrogens is 170 g/mol. The van der Waals surface area contributed by atoms with Crippen LogP contribution in [0.1, 0.15) is 25.7 Å². The van der Waals surface area contributed by atoms with Crippen molar-refractivity contribution < 1.29 is 14.7 Å². The number of hydrogen-bond donors (Lipinski definition) is 1. The third kappa shape index (κ3) is 2.00. The fraction of sp³-hybridized carbons (Fsp3) is 0.889. The minimum atomic E-state index is 0.000225. The first kappa shape index (κ1) is 8.97. The van der Waals surface area contributed by atoms with E-state index in [9.17, 15) is 0 Å². The number of hydrogen-bond acceptors (Lipinski definition) is 4. The van der Waals surface area contributed by atoms with Crippen molar-refractivity contribution in [3.63, 3.8) is 0 Å². The van der Waals surface area contributed by atoms with Gasteiger partial charge in [-0.25, -0.2) is 0 Å². The van der Waals surface area contributed by atoms with E-state index in [1.807, 2.05) is 0 Å². The molecule has 1 aliphatic carbocycles. The van der Waals surface area contributed by atoms with Gasteiger partial charge in [0.05, 0.1) is 18.9 Å². The molecule has 2 aliphatic rings. The van der Waals surface area contributed by atoms with Crippen LogP contribution in [0.15, 0.2) is 5.16 Å². The minimum Gasteiger partial charge on any atom is -0.411 e. The summed E-state index contributed by atoms with van der Waals surface area (Å²) in [7, 11) is 0. The summed E-state index contributed by atoms with van der Waals surface area (Å²) in [6.45, 7) is 1.45. The molecule has 13 heavy (non-hydrogen) atoms. The second-order valence-corrected chi connectivity index (χ2v) is 3.61. The zero-order chi connectivity index (χ0) is 9.10. The molecule has 2 fully saturated rings. The number of oxime groups is 1. The lowest BCUT2D eigenvalue weighted by molar-refractivity contribution is -0.0881. The molecule has 0 aromatic carbocycles. The van der Waals surface area contributed by atoms with Crippen molar-refractivity contribution in [3.05, 3.63) is 0 Å². The average molecular weight is 185 g/mol. The minimum absolute atomic E-state index is 0.000225. The second-order valence-electron chi connectivity index (χ2n) is 3.61. The summed E-state index contributed by atoms with van der Waals surface area (Å²) in [6, 6.07) is 0. The summed E-state index contributed by atoms with van der Waals surface area (Å²) in [5.74, 6) is 0.494. The van der Waals surface area contributed by atoms with Gasteiger partial charge in [-0.1, -0.05) is 5.16 Å². The Labute approximate surface area is 77.5 Å². The molecule has 0 amide bonds. The van der Waals surface area contributed by atoms with Crippen molar-refractivity contribution in [2.24, 2.45) is 11.1 Å². The van der Waals surface area contributed by atoms with Gasteiger partial charge in [-0.05, 0) is 25.7 Å². The van der Waals surface area contributed by atoms with Crippen LogP contribution >= 0.6 is 0 Å². The Bertz CT molecular complexity index is 189. The Hall–Kier alpha value is -0.610. The Morgan fingerprint density at radius 3 is 2.31 bits per heavy atom. The van der Waals surface area contributed by atoms with E-state index in [0.717, 1.165) is 44.6 Å². The molecule has 0 spiro atoms. The molecule has 0 unspecified atom stereocenters. The van der Waals surface area contributed by atoms with Crippen molar-refractivity contribution in [2.75, 3.05) is 13.2 Å². The van der Waals surface area contributed by atoms with Crippen LogP contribution in [-0.4, -0.2) is 30.4 Å². The monoisotopic (exact) mass is 185 g/mol. The molecular formula is C9H15NO3. The fourth-order valence-corrected chi connectivity index (χ4v) is 1.99. The van der Waals surface area contributed by atoms with Gasteiger partial charge in [-0.15, -0.1) is 0 Å². The standard InChI is InChI=1S/C9H15NO3/c11-10-8-3-1-7(2-4-8)9-12-5-6-13-9/h7,9,11H,1-6H2. The topological polar surface area (TPSA) is 51.1 Å². The molecule has 1 N–H and O–H groups in total. The molecule has 4 nitrogen and oxygen atoms in total. The normalized spacial score (nSPS) is 30.8. The Balaban J connectivity index is 1.83. The lowest BCUT2D eigenvalue weighted by Crippen LogP contribution is -2.26. The number of ether oxygens (including phenoxy) is 2. The highest BCUT2D eigenvalue weighted by molar-refractivity contribution is 5.84. The molecule has 0 aromatic heterocycles. The van der Waals surface area contributed by atoms with Crippen LogP contribution in [0.5, 0.6) is 0 Å². The van der Waals surface area contributed by atoms with Gasteiger partial charge in [0.1, 0.15) is 0 Å². The van der Waals surface area contributed by atoms with Gasteiger partial charge in [0.25, 0.3) is 0 Å². The Morgan fingerprint density at radius 1 is 1.15 bits per heavy atom. The van der Waals surface area contributed by atoms with Crippen LogP contribution in [0, 0.1) is 5.92 Å². The van der Waals surface area contributed by atoms with Gasteiger partial charge in [0.15, 0.2) is 6.29 Å². The van der Waals surface area contributed by atoms with Gasteiger partial charge in [0, 0.05) is 5.92 Å². The second kappa shape index (κ2) is 4.07. The van der Waals surface area contributed by atoms with E-state index >= 15 is 0 Å². The molecule has 4 heteroatoms. The first-order valence-electron chi connectivity index (χ1n) is 4.83. The highest BCUT2D eigenvalue weighted by Gasteiger charge is 2.29. The zero-order valence-electron chi connectivity index (χ0n) is 7.61. The van der Waals surface area contributed by atoms with Crippen LogP contribution in [0.25, 0.3) is 0 Å². The maximum absolute atomic E-state index is 8.57. The molecule has 74 valence electrons. The van der Waals surface area contributed by atoms with E-state index in [4.69, 9.17) is 14.7 Å². The van der Waals surface area contributed by atoms with Crippen molar-refractivity contribution in [1.82, 2.24) is 0 Å². The van der Waals surface area contributed by atoms with E-state index in [1.54, 1.807) is 0 Å². The van der Waals surface area contributed by atoms with E-state index in [1.165, 1.54) is 0 Å². The van der Waals surface area contributed by atoms with Gasteiger partial charge in [-0.3, -0.25) is 0 Å². The summed E-state index contributed by atoms with van der Waals surface area (Å²) in [6.07, 6.45) is 3.79. The Morgan fingerprint density at radius 2 is 1.77 bits per heavy atom. The van der Waals surface area contributed by atoms with Gasteiger partial charge >= 0.3 is 0 Å². The van der Waals surface area contributed by atoms with Crippen molar-refractivity contribution in [1.29, 1.82) is 0 Å². The highest BCUT2D eigenvalue weighted by atomic mass is 16.7. The van der Waals surface area contributed by atoms with Crippen LogP contribution in [0.2, 0.25) is 0 Å². The van der Waals surface area contributed by atoms with E-state index in [-0.39, 0.29) is 6.29 Å². The maximum Gasteiger partial charge on any atom is 0.160 e. The van der Waals surface area contributed by atoms with E-state index in [0.29, 0.717) is 5.92 Å². The van der Waals surface area contributed by atoms with Crippen molar-refractivity contribution in [3.8, 4) is 0 Å². The first-order chi connectivity index (χ1) is 6.40. The van der Waals surface area contributed by atoms with E-state index < -0.39 is 0 Å². The number of rotatable bonds is 1. The number of nitrogens with zero attached hydrogens (tertiary/aromatic N) is 1. The summed E-state index contributed by atoms with van der Waals surface area (Å²) in [5.41, 5.74) is 0.911. The lowest BCUT2D eigenvalue weighted by Gasteiger charge is -2.26. The third-order valence-electron chi connectivity index (χ3n) is 2.78.